The summed E-state index contributed by atoms with van der Waals surface area (Å²) >= 11 is 1.23. The van der Waals surface area contributed by atoms with Gasteiger partial charge in [0.1, 0.15) is 10.3 Å². The fourth-order valence-corrected chi connectivity index (χ4v) is 5.74. The Kier molecular flexibility index (Phi) is 4.26. The summed E-state index contributed by atoms with van der Waals surface area (Å²) in [5.74, 6) is -0.313. The quantitative estimate of drug-likeness (QED) is 0.903. The van der Waals surface area contributed by atoms with Gasteiger partial charge in [-0.25, -0.2) is 8.42 Å². The van der Waals surface area contributed by atoms with Crippen LogP contribution in [0.4, 0.5) is 5.69 Å². The van der Waals surface area contributed by atoms with Gasteiger partial charge >= 0.3 is 0 Å². The Hall–Kier alpha value is -1.71. The van der Waals surface area contributed by atoms with Gasteiger partial charge in [-0.05, 0) is 31.9 Å². The normalized spacial score (nSPS) is 19.1. The Labute approximate surface area is 139 Å². The summed E-state index contributed by atoms with van der Waals surface area (Å²) in [6.07, 6.45) is 4.41. The highest BCUT2D eigenvalue weighted by molar-refractivity contribution is 7.91. The molecule has 2 aromatic rings. The van der Waals surface area contributed by atoms with E-state index < -0.39 is 16.1 Å². The molecule has 1 amide bonds. The number of anilines is 1. The molecule has 9 heteroatoms. The molecule has 7 nitrogen and oxygen atoms in total. The number of rotatable bonds is 4. The van der Waals surface area contributed by atoms with E-state index in [-0.39, 0.29) is 10.1 Å². The van der Waals surface area contributed by atoms with Gasteiger partial charge in [0.2, 0.25) is 5.91 Å². The first kappa shape index (κ1) is 16.2. The summed E-state index contributed by atoms with van der Waals surface area (Å²) < 4.78 is 28.7. The van der Waals surface area contributed by atoms with Crippen molar-refractivity contribution in [1.29, 1.82) is 0 Å². The van der Waals surface area contributed by atoms with Gasteiger partial charge in [0.05, 0.1) is 11.9 Å². The van der Waals surface area contributed by atoms with Gasteiger partial charge in [-0.2, -0.15) is 9.40 Å². The van der Waals surface area contributed by atoms with Crippen molar-refractivity contribution in [3.05, 3.63) is 29.4 Å². The molecule has 0 bridgehead atoms. The largest absolute Gasteiger partial charge is 0.322 e. The van der Waals surface area contributed by atoms with Crippen LogP contribution in [-0.4, -0.2) is 41.0 Å². The van der Waals surface area contributed by atoms with Crippen molar-refractivity contribution >= 4 is 33.0 Å². The van der Waals surface area contributed by atoms with Crippen LogP contribution in [0.5, 0.6) is 0 Å². The summed E-state index contributed by atoms with van der Waals surface area (Å²) in [6, 6.07) is 2.70. The number of hydrogen-bond donors (Lipinski definition) is 1. The maximum Gasteiger partial charge on any atom is 0.253 e. The van der Waals surface area contributed by atoms with Crippen molar-refractivity contribution in [1.82, 2.24) is 14.1 Å². The molecule has 3 heterocycles. The summed E-state index contributed by atoms with van der Waals surface area (Å²) in [4.78, 5) is 13.4. The molecule has 1 fully saturated rings. The molecule has 1 aliphatic rings. The lowest BCUT2D eigenvalue weighted by Gasteiger charge is -2.22. The number of aromatic nitrogens is 2. The number of hydrogen-bond acceptors (Lipinski definition) is 5. The number of amides is 1. The Balaban J connectivity index is 1.81. The molecule has 0 aromatic carbocycles. The lowest BCUT2D eigenvalue weighted by atomic mass is 10.2. The summed E-state index contributed by atoms with van der Waals surface area (Å²) in [5, 5.41) is 6.72. The molecule has 3 rings (SSSR count). The van der Waals surface area contributed by atoms with Gasteiger partial charge in [-0.3, -0.25) is 9.48 Å². The maximum atomic E-state index is 12.8. The van der Waals surface area contributed by atoms with Crippen LogP contribution in [0.1, 0.15) is 17.7 Å². The minimum Gasteiger partial charge on any atom is -0.322 e. The fraction of sp³-hybridized carbons (Fsp3) is 0.429. The molecule has 2 aromatic heterocycles. The zero-order valence-corrected chi connectivity index (χ0v) is 14.5. The van der Waals surface area contributed by atoms with Crippen LogP contribution in [0.2, 0.25) is 0 Å². The topological polar surface area (TPSA) is 84.3 Å². The second-order valence-corrected chi connectivity index (χ2v) is 8.94. The SMILES string of the molecule is Cc1ccc(S(=O)(=O)N2CCC[C@H]2C(=O)Nc2cnn(C)c2)s1. The Bertz CT molecular complexity index is 825. The zero-order valence-electron chi connectivity index (χ0n) is 12.9. The molecule has 1 saturated heterocycles. The van der Waals surface area contributed by atoms with Crippen LogP contribution >= 0.6 is 11.3 Å². The van der Waals surface area contributed by atoms with E-state index in [1.165, 1.54) is 21.8 Å². The second kappa shape index (κ2) is 6.06. The molecule has 0 saturated carbocycles. The minimum atomic E-state index is -3.63. The molecular weight excluding hydrogens is 336 g/mol. The van der Waals surface area contributed by atoms with E-state index in [4.69, 9.17) is 0 Å². The van der Waals surface area contributed by atoms with E-state index in [1.807, 2.05) is 6.92 Å². The monoisotopic (exact) mass is 354 g/mol. The van der Waals surface area contributed by atoms with E-state index in [1.54, 1.807) is 30.1 Å². The molecule has 1 atom stereocenters. The summed E-state index contributed by atoms with van der Waals surface area (Å²) in [6.45, 7) is 2.23. The van der Waals surface area contributed by atoms with Crippen molar-refractivity contribution in [2.45, 2.75) is 30.0 Å². The molecule has 0 aliphatic carbocycles. The fourth-order valence-electron chi connectivity index (χ4n) is 2.67. The highest BCUT2D eigenvalue weighted by Crippen LogP contribution is 2.30. The second-order valence-electron chi connectivity index (χ2n) is 5.53. The Morgan fingerprint density at radius 1 is 1.43 bits per heavy atom. The van der Waals surface area contributed by atoms with Crippen molar-refractivity contribution in [3.8, 4) is 0 Å². The number of carbonyl (C=O) groups is 1. The van der Waals surface area contributed by atoms with Crippen molar-refractivity contribution in [2.75, 3.05) is 11.9 Å². The van der Waals surface area contributed by atoms with Crippen LogP contribution in [0.25, 0.3) is 0 Å². The standard InChI is InChI=1S/C14H18N4O3S2/c1-10-5-6-13(22-10)23(20,21)18-7-3-4-12(18)14(19)16-11-8-15-17(2)9-11/h5-6,8-9,12H,3-4,7H2,1-2H3,(H,16,19)/t12-/m0/s1. The van der Waals surface area contributed by atoms with Crippen molar-refractivity contribution in [2.24, 2.45) is 7.05 Å². The first-order chi connectivity index (χ1) is 10.9. The summed E-state index contributed by atoms with van der Waals surface area (Å²) in [5.41, 5.74) is 0.564. The van der Waals surface area contributed by atoms with Crippen molar-refractivity contribution < 1.29 is 13.2 Å². The van der Waals surface area contributed by atoms with Crippen LogP contribution < -0.4 is 5.32 Å². The van der Waals surface area contributed by atoms with Crippen LogP contribution in [0.15, 0.2) is 28.7 Å². The highest BCUT2D eigenvalue weighted by atomic mass is 32.2. The lowest BCUT2D eigenvalue weighted by Crippen LogP contribution is -2.42. The number of aryl methyl sites for hydroxylation is 2. The maximum absolute atomic E-state index is 12.8. The molecule has 1 N–H and O–H groups in total. The molecule has 124 valence electrons. The number of sulfonamides is 1. The minimum absolute atomic E-state index is 0.288. The summed E-state index contributed by atoms with van der Waals surface area (Å²) in [7, 11) is -1.88. The van der Waals surface area contributed by atoms with Gasteiger partial charge in [-0.15, -0.1) is 11.3 Å². The Morgan fingerprint density at radius 3 is 2.83 bits per heavy atom. The number of thiophene rings is 1. The van der Waals surface area contributed by atoms with E-state index in [0.29, 0.717) is 25.1 Å². The van der Waals surface area contributed by atoms with Crippen LogP contribution in [0.3, 0.4) is 0 Å². The van der Waals surface area contributed by atoms with E-state index in [0.717, 1.165) is 4.88 Å². The predicted octanol–water partition coefficient (Wildman–Crippen LogP) is 1.58. The van der Waals surface area contributed by atoms with E-state index in [2.05, 4.69) is 10.4 Å². The molecule has 0 unspecified atom stereocenters. The first-order valence-corrected chi connectivity index (χ1v) is 9.51. The van der Waals surface area contributed by atoms with Gasteiger partial charge < -0.3 is 5.32 Å². The van der Waals surface area contributed by atoms with Gasteiger partial charge in [-0.1, -0.05) is 0 Å². The van der Waals surface area contributed by atoms with Gasteiger partial charge in [0.15, 0.2) is 0 Å². The smallest absolute Gasteiger partial charge is 0.253 e. The lowest BCUT2D eigenvalue weighted by molar-refractivity contribution is -0.119. The van der Waals surface area contributed by atoms with E-state index in [9.17, 15) is 13.2 Å². The Morgan fingerprint density at radius 2 is 2.22 bits per heavy atom. The van der Waals surface area contributed by atoms with Gasteiger partial charge in [0, 0.05) is 24.7 Å². The first-order valence-electron chi connectivity index (χ1n) is 7.26. The third kappa shape index (κ3) is 3.17. The van der Waals surface area contributed by atoms with Crippen LogP contribution in [0, 0.1) is 6.92 Å². The molecule has 23 heavy (non-hydrogen) atoms. The van der Waals surface area contributed by atoms with Gasteiger partial charge in [0.25, 0.3) is 10.0 Å². The highest BCUT2D eigenvalue weighted by Gasteiger charge is 2.40. The number of nitrogens with one attached hydrogen (secondary N) is 1. The number of nitrogens with zero attached hydrogens (tertiary/aromatic N) is 3. The number of carbonyl (C=O) groups excluding carboxylic acids is 1. The third-order valence-electron chi connectivity index (χ3n) is 3.76. The van der Waals surface area contributed by atoms with Crippen molar-refractivity contribution in [3.63, 3.8) is 0 Å². The molecule has 1 aliphatic heterocycles. The van der Waals surface area contributed by atoms with E-state index >= 15 is 0 Å². The van der Waals surface area contributed by atoms with Crippen LogP contribution in [-0.2, 0) is 21.9 Å². The molecule has 0 spiro atoms. The zero-order chi connectivity index (χ0) is 16.6. The molecular formula is C14H18N4O3S2. The predicted molar refractivity (Wildman–Crippen MR) is 87.8 cm³/mol. The average Bonchev–Trinajstić information content (AvgIpc) is 3.19. The average molecular weight is 354 g/mol. The third-order valence-corrected chi connectivity index (χ3v) is 7.13. The molecule has 0 radical (unpaired) electrons.